The molecule has 2 aromatic heterocycles. The van der Waals surface area contributed by atoms with Crippen molar-refractivity contribution in [3.63, 3.8) is 0 Å². The largest absolute Gasteiger partial charge is 0.321 e. The smallest absolute Gasteiger partial charge is 0.275 e. The molecule has 0 saturated carbocycles. The monoisotopic (exact) mass is 421 g/mol. The normalized spacial score (nSPS) is 10.9. The Balaban J connectivity index is 1.80. The molecule has 2 heterocycles. The van der Waals surface area contributed by atoms with Gasteiger partial charge in [-0.2, -0.15) is 10.2 Å². The average Bonchev–Trinajstić information content (AvgIpc) is 3.02. The Morgan fingerprint density at radius 3 is 2.72 bits per heavy atom. The molecule has 1 aromatic carbocycles. The van der Waals surface area contributed by atoms with Gasteiger partial charge in [0.25, 0.3) is 5.91 Å². The summed E-state index contributed by atoms with van der Waals surface area (Å²) in [5, 5.41) is 11.7. The van der Waals surface area contributed by atoms with Crippen molar-refractivity contribution >= 4 is 39.1 Å². The molecule has 0 bridgehead atoms. The summed E-state index contributed by atoms with van der Waals surface area (Å²) in [6.45, 7) is 4.59. The molecule has 0 aliphatic heterocycles. The van der Waals surface area contributed by atoms with Crippen molar-refractivity contribution in [2.75, 3.05) is 5.32 Å². The van der Waals surface area contributed by atoms with Gasteiger partial charge in [0.05, 0.1) is 33.6 Å². The molecule has 0 fully saturated rings. The summed E-state index contributed by atoms with van der Waals surface area (Å²) in [7, 11) is 1.68. The van der Waals surface area contributed by atoms with Gasteiger partial charge in [0, 0.05) is 12.7 Å². The molecule has 0 atom stereocenters. The Labute approximate surface area is 158 Å². The second kappa shape index (κ2) is 7.01. The van der Waals surface area contributed by atoms with Crippen LogP contribution in [0.15, 0.2) is 34.9 Å². The fraction of sp³-hybridized carbons (Fsp3) is 0.235. The number of rotatable bonds is 4. The first-order chi connectivity index (χ1) is 11.9. The Morgan fingerprint density at radius 2 is 2.12 bits per heavy atom. The van der Waals surface area contributed by atoms with Crippen molar-refractivity contribution in [2.45, 2.75) is 20.4 Å². The van der Waals surface area contributed by atoms with E-state index >= 15 is 0 Å². The molecule has 0 radical (unpaired) electrons. The molecule has 130 valence electrons. The third kappa shape index (κ3) is 3.62. The van der Waals surface area contributed by atoms with E-state index in [1.54, 1.807) is 7.05 Å². The molecule has 3 aromatic rings. The number of benzene rings is 1. The number of halogens is 2. The Hall–Kier alpha value is -2.12. The quantitative estimate of drug-likeness (QED) is 0.692. The van der Waals surface area contributed by atoms with E-state index in [-0.39, 0.29) is 5.91 Å². The van der Waals surface area contributed by atoms with Gasteiger partial charge in [0.15, 0.2) is 0 Å². The third-order valence-corrected chi connectivity index (χ3v) is 5.34. The lowest BCUT2D eigenvalue weighted by molar-refractivity contribution is 0.101. The highest BCUT2D eigenvalue weighted by molar-refractivity contribution is 9.10. The molecule has 0 aliphatic carbocycles. The lowest BCUT2D eigenvalue weighted by Crippen LogP contribution is -2.16. The molecular weight excluding hydrogens is 406 g/mol. The van der Waals surface area contributed by atoms with Crippen LogP contribution in [0.25, 0.3) is 0 Å². The summed E-state index contributed by atoms with van der Waals surface area (Å²) < 4.78 is 4.40. The number of hydrogen-bond acceptors (Lipinski definition) is 3. The number of nitrogens with zero attached hydrogens (tertiary/aromatic N) is 4. The second-order valence-corrected chi connectivity index (χ2v) is 6.96. The Bertz CT molecular complexity index is 927. The second-order valence-electron chi connectivity index (χ2n) is 5.76. The molecule has 25 heavy (non-hydrogen) atoms. The molecule has 0 aliphatic rings. The number of aryl methyl sites for hydroxylation is 2. The topological polar surface area (TPSA) is 64.7 Å². The number of amides is 1. The molecule has 0 unspecified atom stereocenters. The van der Waals surface area contributed by atoms with Gasteiger partial charge in [0.2, 0.25) is 0 Å². The van der Waals surface area contributed by atoms with Gasteiger partial charge in [0.1, 0.15) is 5.69 Å². The molecule has 1 N–H and O–H groups in total. The number of carbonyl (C=O) groups is 1. The highest BCUT2D eigenvalue weighted by Gasteiger charge is 2.16. The van der Waals surface area contributed by atoms with Gasteiger partial charge in [-0.15, -0.1) is 0 Å². The minimum Gasteiger partial charge on any atom is -0.321 e. The summed E-state index contributed by atoms with van der Waals surface area (Å²) in [5.74, 6) is -0.295. The van der Waals surface area contributed by atoms with E-state index in [4.69, 9.17) is 11.6 Å². The Kier molecular flexibility index (Phi) is 4.96. The average molecular weight is 423 g/mol. The predicted octanol–water partition coefficient (Wildman–Crippen LogP) is 3.95. The zero-order valence-electron chi connectivity index (χ0n) is 14.0. The number of anilines is 1. The van der Waals surface area contributed by atoms with E-state index in [1.165, 1.54) is 10.9 Å². The van der Waals surface area contributed by atoms with E-state index in [1.807, 2.05) is 42.8 Å². The summed E-state index contributed by atoms with van der Waals surface area (Å²) in [6, 6.07) is 7.66. The standard InChI is InChI=1S/C17H17BrClN5O/c1-10-15(18)11(2)24(22-10)9-12-5-4-6-13(7-12)21-17(25)16-14(19)8-20-23(16)3/h4-8H,9H2,1-3H3,(H,21,25). The minimum atomic E-state index is -0.295. The van der Waals surface area contributed by atoms with Gasteiger partial charge in [-0.3, -0.25) is 14.2 Å². The number of nitrogens with one attached hydrogen (secondary N) is 1. The van der Waals surface area contributed by atoms with Crippen LogP contribution in [-0.4, -0.2) is 25.5 Å². The van der Waals surface area contributed by atoms with Crippen molar-refractivity contribution < 1.29 is 4.79 Å². The van der Waals surface area contributed by atoms with Crippen LogP contribution in [0.1, 0.15) is 27.4 Å². The van der Waals surface area contributed by atoms with Gasteiger partial charge >= 0.3 is 0 Å². The lowest BCUT2D eigenvalue weighted by atomic mass is 10.2. The summed E-state index contributed by atoms with van der Waals surface area (Å²) in [5.41, 5.74) is 4.07. The van der Waals surface area contributed by atoms with Crippen molar-refractivity contribution in [3.05, 3.63) is 62.6 Å². The third-order valence-electron chi connectivity index (χ3n) is 3.92. The fourth-order valence-electron chi connectivity index (χ4n) is 2.61. The van der Waals surface area contributed by atoms with Crippen LogP contribution in [0, 0.1) is 13.8 Å². The highest BCUT2D eigenvalue weighted by atomic mass is 79.9. The van der Waals surface area contributed by atoms with Crippen molar-refractivity contribution in [1.82, 2.24) is 19.6 Å². The fourth-order valence-corrected chi connectivity index (χ4v) is 3.14. The first-order valence-corrected chi connectivity index (χ1v) is 8.81. The zero-order chi connectivity index (χ0) is 18.1. The number of carbonyl (C=O) groups excluding carboxylic acids is 1. The molecule has 8 heteroatoms. The Morgan fingerprint density at radius 1 is 1.36 bits per heavy atom. The summed E-state index contributed by atoms with van der Waals surface area (Å²) >= 11 is 9.55. The van der Waals surface area contributed by atoms with Crippen LogP contribution in [-0.2, 0) is 13.6 Å². The van der Waals surface area contributed by atoms with E-state index in [2.05, 4.69) is 31.4 Å². The maximum absolute atomic E-state index is 12.4. The van der Waals surface area contributed by atoms with Gasteiger partial charge < -0.3 is 5.32 Å². The van der Waals surface area contributed by atoms with E-state index in [0.29, 0.717) is 22.9 Å². The van der Waals surface area contributed by atoms with Crippen molar-refractivity contribution in [2.24, 2.45) is 7.05 Å². The maximum Gasteiger partial charge on any atom is 0.275 e. The van der Waals surface area contributed by atoms with Crippen LogP contribution < -0.4 is 5.32 Å². The van der Waals surface area contributed by atoms with Crippen LogP contribution in [0.2, 0.25) is 5.02 Å². The van der Waals surface area contributed by atoms with Crippen LogP contribution in [0.3, 0.4) is 0 Å². The van der Waals surface area contributed by atoms with Crippen LogP contribution in [0.4, 0.5) is 5.69 Å². The van der Waals surface area contributed by atoms with E-state index in [0.717, 1.165) is 21.4 Å². The van der Waals surface area contributed by atoms with Crippen molar-refractivity contribution in [1.29, 1.82) is 0 Å². The van der Waals surface area contributed by atoms with E-state index in [9.17, 15) is 4.79 Å². The van der Waals surface area contributed by atoms with E-state index < -0.39 is 0 Å². The summed E-state index contributed by atoms with van der Waals surface area (Å²) in [6.07, 6.45) is 1.45. The van der Waals surface area contributed by atoms with Gasteiger partial charge in [-0.05, 0) is 47.5 Å². The predicted molar refractivity (Wildman–Crippen MR) is 101 cm³/mol. The molecule has 0 spiro atoms. The van der Waals surface area contributed by atoms with Crippen LogP contribution >= 0.6 is 27.5 Å². The van der Waals surface area contributed by atoms with Gasteiger partial charge in [-0.25, -0.2) is 0 Å². The molecule has 3 rings (SSSR count). The number of hydrogen-bond donors (Lipinski definition) is 1. The lowest BCUT2D eigenvalue weighted by Gasteiger charge is -2.09. The molecule has 0 saturated heterocycles. The highest BCUT2D eigenvalue weighted by Crippen LogP contribution is 2.22. The number of aromatic nitrogens is 4. The van der Waals surface area contributed by atoms with Crippen molar-refractivity contribution in [3.8, 4) is 0 Å². The molecular formula is C17H17BrClN5O. The SMILES string of the molecule is Cc1nn(Cc2cccc(NC(=O)c3c(Cl)cnn3C)c2)c(C)c1Br. The summed E-state index contributed by atoms with van der Waals surface area (Å²) in [4.78, 5) is 12.4. The maximum atomic E-state index is 12.4. The van der Waals surface area contributed by atoms with Gasteiger partial charge in [-0.1, -0.05) is 23.7 Å². The molecule has 6 nitrogen and oxygen atoms in total. The first-order valence-electron chi connectivity index (χ1n) is 7.64. The minimum absolute atomic E-state index is 0.295. The molecule has 1 amide bonds. The van der Waals surface area contributed by atoms with Crippen LogP contribution in [0.5, 0.6) is 0 Å². The first kappa shape index (κ1) is 17.7. The zero-order valence-corrected chi connectivity index (χ0v) is 16.4.